The van der Waals surface area contributed by atoms with E-state index in [0.29, 0.717) is 12.2 Å². The van der Waals surface area contributed by atoms with Gasteiger partial charge in [0.25, 0.3) is 5.69 Å². The summed E-state index contributed by atoms with van der Waals surface area (Å²) in [6.45, 7) is 2.03. The molecule has 2 aromatic carbocycles. The number of ether oxygens (including phenoxy) is 1. The first kappa shape index (κ1) is 18.8. The van der Waals surface area contributed by atoms with Crippen molar-refractivity contribution in [3.8, 4) is 11.5 Å². The molecule has 0 heterocycles. The zero-order chi connectivity index (χ0) is 18.6. The smallest absolute Gasteiger partial charge is 0.269 e. The largest absolute Gasteiger partial charge is 0.503 e. The number of nitro groups is 1. The van der Waals surface area contributed by atoms with Crippen molar-refractivity contribution in [2.75, 3.05) is 6.61 Å². The molecule has 0 aromatic heterocycles. The molecule has 0 aliphatic carbocycles. The predicted octanol–water partition coefficient (Wildman–Crippen LogP) is 3.80. The first-order chi connectivity index (χ1) is 11.7. The van der Waals surface area contributed by atoms with E-state index in [2.05, 4.69) is 0 Å². The van der Waals surface area contributed by atoms with Gasteiger partial charge in [0, 0.05) is 17.5 Å². The number of aromatic hydroxyl groups is 1. The third kappa shape index (κ3) is 4.49. The fourth-order valence-electron chi connectivity index (χ4n) is 1.96. The van der Waals surface area contributed by atoms with Crippen LogP contribution in [-0.2, 0) is 9.84 Å². The monoisotopic (exact) mass is 383 g/mol. The van der Waals surface area contributed by atoms with Gasteiger partial charge in [-0.2, -0.15) is 0 Å². The molecule has 0 amide bonds. The molecule has 0 bridgehead atoms. The third-order valence-corrected chi connectivity index (χ3v) is 4.88. The topological polar surface area (TPSA) is 107 Å². The highest BCUT2D eigenvalue weighted by molar-refractivity contribution is 7.94. The molecule has 2 aromatic rings. The van der Waals surface area contributed by atoms with Crippen LogP contribution >= 0.6 is 11.6 Å². The molecule has 0 atom stereocenters. The van der Waals surface area contributed by atoms with Crippen molar-refractivity contribution >= 4 is 33.2 Å². The van der Waals surface area contributed by atoms with Crippen LogP contribution in [0.4, 0.5) is 5.69 Å². The zero-order valence-corrected chi connectivity index (χ0v) is 14.6. The molecule has 0 aliphatic heterocycles. The number of phenols is 1. The minimum absolute atomic E-state index is 0.0262. The summed E-state index contributed by atoms with van der Waals surface area (Å²) in [5.41, 5.74) is 0.214. The Bertz CT molecular complexity index is 922. The fraction of sp³-hybridized carbons (Fsp3) is 0.125. The SMILES string of the molecule is CCOc1cc(/C=C/S(=O)(=O)c2ccc([N+](=O)[O-])cc2)cc(Cl)c1O. The van der Waals surface area contributed by atoms with E-state index in [1.807, 2.05) is 0 Å². The standard InChI is InChI=1S/C16H14ClNO6S/c1-2-24-15-10-11(9-14(17)16(15)19)7-8-25(22,23)13-5-3-12(4-6-13)18(20)21/h3-10,19H,2H2,1H3/b8-7+. The molecule has 0 saturated carbocycles. The average molecular weight is 384 g/mol. The number of non-ortho nitro benzene ring substituents is 1. The maximum Gasteiger partial charge on any atom is 0.269 e. The first-order valence-electron chi connectivity index (χ1n) is 7.07. The van der Waals surface area contributed by atoms with Gasteiger partial charge < -0.3 is 9.84 Å². The van der Waals surface area contributed by atoms with Gasteiger partial charge in [0.15, 0.2) is 21.3 Å². The summed E-state index contributed by atoms with van der Waals surface area (Å²) >= 11 is 5.89. The van der Waals surface area contributed by atoms with Crippen molar-refractivity contribution in [3.63, 3.8) is 0 Å². The summed E-state index contributed by atoms with van der Waals surface area (Å²) in [4.78, 5) is 9.92. The van der Waals surface area contributed by atoms with Gasteiger partial charge in [0.05, 0.1) is 21.4 Å². The Balaban J connectivity index is 2.32. The predicted molar refractivity (Wildman–Crippen MR) is 93.6 cm³/mol. The van der Waals surface area contributed by atoms with Gasteiger partial charge >= 0.3 is 0 Å². The van der Waals surface area contributed by atoms with Crippen molar-refractivity contribution in [2.24, 2.45) is 0 Å². The number of hydrogen-bond donors (Lipinski definition) is 1. The molecule has 0 spiro atoms. The summed E-state index contributed by atoms with van der Waals surface area (Å²) in [6, 6.07) is 7.39. The molecule has 0 aliphatic rings. The Morgan fingerprint density at radius 3 is 2.48 bits per heavy atom. The van der Waals surface area contributed by atoms with E-state index < -0.39 is 14.8 Å². The van der Waals surface area contributed by atoms with Gasteiger partial charge in [-0.15, -0.1) is 0 Å². The highest BCUT2D eigenvalue weighted by atomic mass is 35.5. The van der Waals surface area contributed by atoms with Crippen molar-refractivity contribution in [1.82, 2.24) is 0 Å². The molecule has 25 heavy (non-hydrogen) atoms. The van der Waals surface area contributed by atoms with Crippen LogP contribution in [-0.4, -0.2) is 25.1 Å². The van der Waals surface area contributed by atoms with Crippen molar-refractivity contribution < 1.29 is 23.2 Å². The van der Waals surface area contributed by atoms with E-state index >= 15 is 0 Å². The molecular formula is C16H14ClNO6S. The minimum atomic E-state index is -3.80. The third-order valence-electron chi connectivity index (χ3n) is 3.17. The Morgan fingerprint density at radius 2 is 1.92 bits per heavy atom. The van der Waals surface area contributed by atoms with Gasteiger partial charge in [-0.25, -0.2) is 8.42 Å². The summed E-state index contributed by atoms with van der Waals surface area (Å²) in [6.07, 6.45) is 1.30. The molecule has 0 fully saturated rings. The first-order valence-corrected chi connectivity index (χ1v) is 9.00. The maximum atomic E-state index is 12.3. The molecule has 132 valence electrons. The minimum Gasteiger partial charge on any atom is -0.503 e. The lowest BCUT2D eigenvalue weighted by Gasteiger charge is -2.08. The lowest BCUT2D eigenvalue weighted by molar-refractivity contribution is -0.384. The van der Waals surface area contributed by atoms with Crippen molar-refractivity contribution in [3.05, 3.63) is 62.5 Å². The number of phenolic OH excluding ortho intramolecular Hbond substituents is 1. The second-order valence-electron chi connectivity index (χ2n) is 4.88. The summed E-state index contributed by atoms with van der Waals surface area (Å²) < 4.78 is 29.8. The van der Waals surface area contributed by atoms with E-state index in [1.54, 1.807) is 6.92 Å². The van der Waals surface area contributed by atoms with Crippen LogP contribution in [0.1, 0.15) is 12.5 Å². The lowest BCUT2D eigenvalue weighted by atomic mass is 10.2. The second-order valence-corrected chi connectivity index (χ2v) is 7.12. The van der Waals surface area contributed by atoms with Gasteiger partial charge in [-0.1, -0.05) is 11.6 Å². The highest BCUT2D eigenvalue weighted by Gasteiger charge is 2.14. The maximum absolute atomic E-state index is 12.3. The Labute approximate surface area is 149 Å². The number of halogens is 1. The summed E-state index contributed by atoms with van der Waals surface area (Å²) in [7, 11) is -3.80. The van der Waals surface area contributed by atoms with Crippen LogP contribution in [0.2, 0.25) is 5.02 Å². The number of benzene rings is 2. The fourth-order valence-corrected chi connectivity index (χ4v) is 3.19. The van der Waals surface area contributed by atoms with E-state index in [-0.39, 0.29) is 27.1 Å². The molecular weight excluding hydrogens is 370 g/mol. The molecule has 0 saturated heterocycles. The lowest BCUT2D eigenvalue weighted by Crippen LogP contribution is -1.97. The van der Waals surface area contributed by atoms with E-state index in [4.69, 9.17) is 16.3 Å². The molecule has 1 N–H and O–H groups in total. The normalized spacial score (nSPS) is 11.6. The van der Waals surface area contributed by atoms with Gasteiger partial charge in [-0.3, -0.25) is 10.1 Å². The Kier molecular flexibility index (Phi) is 5.66. The van der Waals surface area contributed by atoms with E-state index in [0.717, 1.165) is 29.7 Å². The Hall–Kier alpha value is -2.58. The summed E-state index contributed by atoms with van der Waals surface area (Å²) in [5.74, 6) is -0.0822. The van der Waals surface area contributed by atoms with Gasteiger partial charge in [0.1, 0.15) is 0 Å². The average Bonchev–Trinajstić information content (AvgIpc) is 2.57. The van der Waals surface area contributed by atoms with Crippen LogP contribution in [0.15, 0.2) is 46.7 Å². The van der Waals surface area contributed by atoms with Crippen LogP contribution < -0.4 is 4.74 Å². The molecule has 2 rings (SSSR count). The van der Waals surface area contributed by atoms with E-state index in [1.165, 1.54) is 18.2 Å². The molecule has 9 heteroatoms. The van der Waals surface area contributed by atoms with Crippen LogP contribution in [0, 0.1) is 10.1 Å². The van der Waals surface area contributed by atoms with E-state index in [9.17, 15) is 23.6 Å². The number of nitrogens with zero attached hydrogens (tertiary/aromatic N) is 1. The van der Waals surface area contributed by atoms with Gasteiger partial charge in [-0.05, 0) is 42.8 Å². The van der Waals surface area contributed by atoms with Gasteiger partial charge in [0.2, 0.25) is 0 Å². The molecule has 0 radical (unpaired) electrons. The summed E-state index contributed by atoms with van der Waals surface area (Å²) in [5, 5.41) is 21.4. The zero-order valence-electron chi connectivity index (χ0n) is 13.0. The van der Waals surface area contributed by atoms with Crippen LogP contribution in [0.3, 0.4) is 0 Å². The second kappa shape index (κ2) is 7.54. The number of hydrogen-bond acceptors (Lipinski definition) is 6. The molecule has 0 unspecified atom stereocenters. The van der Waals surface area contributed by atoms with Crippen molar-refractivity contribution in [2.45, 2.75) is 11.8 Å². The van der Waals surface area contributed by atoms with Crippen molar-refractivity contribution in [1.29, 1.82) is 0 Å². The van der Waals surface area contributed by atoms with Crippen LogP contribution in [0.25, 0.3) is 6.08 Å². The van der Waals surface area contributed by atoms with Crippen LogP contribution in [0.5, 0.6) is 11.5 Å². The molecule has 7 nitrogen and oxygen atoms in total. The highest BCUT2D eigenvalue weighted by Crippen LogP contribution is 2.35. The number of rotatable bonds is 6. The number of nitro benzene ring substituents is 1. The quantitative estimate of drug-likeness (QED) is 0.600. The Morgan fingerprint density at radius 1 is 1.28 bits per heavy atom. The number of sulfone groups is 1.